The van der Waals surface area contributed by atoms with Gasteiger partial charge in [0.1, 0.15) is 11.5 Å². The second kappa shape index (κ2) is 7.76. The Kier molecular flexibility index (Phi) is 5.00. The molecule has 3 aromatic rings. The number of rotatable bonds is 4. The van der Waals surface area contributed by atoms with Crippen molar-refractivity contribution in [3.8, 4) is 11.5 Å². The van der Waals surface area contributed by atoms with Crippen LogP contribution in [0.25, 0.3) is 6.08 Å². The third-order valence-electron chi connectivity index (χ3n) is 4.76. The van der Waals surface area contributed by atoms with E-state index < -0.39 is 5.97 Å². The third-order valence-corrected chi connectivity index (χ3v) is 4.76. The normalized spacial score (nSPS) is 14.0. The van der Waals surface area contributed by atoms with Gasteiger partial charge in [-0.1, -0.05) is 56.3 Å². The molecule has 0 aliphatic carbocycles. The molecule has 0 atom stereocenters. The molecule has 144 valence electrons. The fourth-order valence-corrected chi connectivity index (χ4v) is 3.10. The molecular weight excluding hydrogens is 364 g/mol. The minimum absolute atomic E-state index is 0.186. The maximum Gasteiger partial charge on any atom is 0.343 e. The number of carbonyl (C=O) groups excluding carboxylic acids is 2. The summed E-state index contributed by atoms with van der Waals surface area (Å²) in [5.74, 6) is 0.766. The molecule has 0 saturated carbocycles. The number of ether oxygens (including phenoxy) is 2. The van der Waals surface area contributed by atoms with Gasteiger partial charge in [-0.2, -0.15) is 0 Å². The van der Waals surface area contributed by atoms with E-state index in [4.69, 9.17) is 9.47 Å². The molecule has 1 heterocycles. The van der Waals surface area contributed by atoms with Gasteiger partial charge in [-0.3, -0.25) is 4.79 Å². The van der Waals surface area contributed by atoms with Crippen LogP contribution in [0.3, 0.4) is 0 Å². The average Bonchev–Trinajstić information content (AvgIpc) is 3.03. The maximum atomic E-state index is 12.6. The second-order valence-electron chi connectivity index (χ2n) is 7.17. The number of fused-ring (bicyclic) bond motifs is 1. The molecule has 4 nitrogen and oxygen atoms in total. The Morgan fingerprint density at radius 1 is 0.966 bits per heavy atom. The van der Waals surface area contributed by atoms with Gasteiger partial charge in [0.25, 0.3) is 0 Å². The number of ketones is 1. The first-order valence-corrected chi connectivity index (χ1v) is 9.47. The Morgan fingerprint density at radius 2 is 1.69 bits per heavy atom. The first kappa shape index (κ1) is 18.7. The van der Waals surface area contributed by atoms with Crippen molar-refractivity contribution in [3.63, 3.8) is 0 Å². The standard InChI is InChI=1S/C25H20O4/c1-16(2)18-10-8-17(9-11-18)14-23-24(26)21-13-12-20(15-22(21)29-23)28-25(27)19-6-4-3-5-7-19/h3-16H,1-2H3/b23-14-. The van der Waals surface area contributed by atoms with Crippen LogP contribution in [0.4, 0.5) is 0 Å². The highest BCUT2D eigenvalue weighted by Crippen LogP contribution is 2.35. The number of carbonyl (C=O) groups is 2. The van der Waals surface area contributed by atoms with Crippen LogP contribution in [-0.2, 0) is 0 Å². The fraction of sp³-hybridized carbons (Fsp3) is 0.120. The zero-order valence-electron chi connectivity index (χ0n) is 16.2. The lowest BCUT2D eigenvalue weighted by molar-refractivity contribution is 0.0734. The van der Waals surface area contributed by atoms with Crippen LogP contribution in [-0.4, -0.2) is 11.8 Å². The van der Waals surface area contributed by atoms with Crippen LogP contribution < -0.4 is 9.47 Å². The van der Waals surface area contributed by atoms with Gasteiger partial charge < -0.3 is 9.47 Å². The van der Waals surface area contributed by atoms with Crippen molar-refractivity contribution in [2.24, 2.45) is 0 Å². The van der Waals surface area contributed by atoms with E-state index >= 15 is 0 Å². The first-order chi connectivity index (χ1) is 14.0. The predicted octanol–water partition coefficient (Wildman–Crippen LogP) is 5.65. The summed E-state index contributed by atoms with van der Waals surface area (Å²) in [7, 11) is 0. The van der Waals surface area contributed by atoms with Crippen LogP contribution in [0.1, 0.15) is 51.6 Å². The molecule has 0 amide bonds. The SMILES string of the molecule is CC(C)c1ccc(/C=C2\Oc3cc(OC(=O)c4ccccc4)ccc3C2=O)cc1. The Balaban J connectivity index is 1.53. The molecule has 1 aliphatic rings. The van der Waals surface area contributed by atoms with Gasteiger partial charge in [0.15, 0.2) is 5.76 Å². The van der Waals surface area contributed by atoms with E-state index in [9.17, 15) is 9.59 Å². The second-order valence-corrected chi connectivity index (χ2v) is 7.17. The maximum absolute atomic E-state index is 12.6. The molecule has 0 spiro atoms. The minimum atomic E-state index is -0.462. The van der Waals surface area contributed by atoms with E-state index in [0.717, 1.165) is 5.56 Å². The minimum Gasteiger partial charge on any atom is -0.452 e. The Hall–Kier alpha value is -3.66. The topological polar surface area (TPSA) is 52.6 Å². The molecule has 0 radical (unpaired) electrons. The Morgan fingerprint density at radius 3 is 2.38 bits per heavy atom. The largest absolute Gasteiger partial charge is 0.452 e. The van der Waals surface area contributed by atoms with E-state index in [1.807, 2.05) is 30.3 Å². The Labute approximate surface area is 169 Å². The number of hydrogen-bond acceptors (Lipinski definition) is 4. The van der Waals surface area contributed by atoms with E-state index in [1.165, 1.54) is 5.56 Å². The summed E-state index contributed by atoms with van der Waals surface area (Å²) in [6, 6.07) is 21.5. The number of Topliss-reactive ketones (excluding diaryl/α,β-unsaturated/α-hetero) is 1. The zero-order valence-corrected chi connectivity index (χ0v) is 16.2. The molecule has 3 aromatic carbocycles. The molecule has 0 unspecified atom stereocenters. The summed E-state index contributed by atoms with van der Waals surface area (Å²) in [6.45, 7) is 4.27. The van der Waals surface area contributed by atoms with Gasteiger partial charge in [-0.15, -0.1) is 0 Å². The van der Waals surface area contributed by atoms with Crippen molar-refractivity contribution in [3.05, 3.63) is 101 Å². The van der Waals surface area contributed by atoms with Gasteiger partial charge >= 0.3 is 5.97 Å². The van der Waals surface area contributed by atoms with Crippen LogP contribution in [0.5, 0.6) is 11.5 Å². The quantitative estimate of drug-likeness (QED) is 0.332. The van der Waals surface area contributed by atoms with Crippen LogP contribution in [0.15, 0.2) is 78.6 Å². The van der Waals surface area contributed by atoms with Crippen molar-refractivity contribution >= 4 is 17.8 Å². The highest BCUT2D eigenvalue weighted by Gasteiger charge is 2.28. The van der Waals surface area contributed by atoms with Crippen molar-refractivity contribution < 1.29 is 19.1 Å². The van der Waals surface area contributed by atoms with Crippen LogP contribution in [0, 0.1) is 0 Å². The van der Waals surface area contributed by atoms with Crippen LogP contribution >= 0.6 is 0 Å². The summed E-state index contributed by atoms with van der Waals surface area (Å²) in [6.07, 6.45) is 1.72. The predicted molar refractivity (Wildman–Crippen MR) is 111 cm³/mol. The van der Waals surface area contributed by atoms with Crippen molar-refractivity contribution in [1.29, 1.82) is 0 Å². The smallest absolute Gasteiger partial charge is 0.343 e. The summed E-state index contributed by atoms with van der Waals surface area (Å²) < 4.78 is 11.1. The van der Waals surface area contributed by atoms with Gasteiger partial charge in [0, 0.05) is 6.07 Å². The number of benzene rings is 3. The van der Waals surface area contributed by atoms with E-state index in [0.29, 0.717) is 28.5 Å². The van der Waals surface area contributed by atoms with Crippen molar-refractivity contribution in [2.75, 3.05) is 0 Å². The molecule has 0 saturated heterocycles. The highest BCUT2D eigenvalue weighted by molar-refractivity contribution is 6.14. The van der Waals surface area contributed by atoms with Crippen LogP contribution in [0.2, 0.25) is 0 Å². The van der Waals surface area contributed by atoms with Crippen molar-refractivity contribution in [1.82, 2.24) is 0 Å². The molecule has 1 aliphatic heterocycles. The zero-order chi connectivity index (χ0) is 20.4. The van der Waals surface area contributed by atoms with Gasteiger partial charge in [-0.25, -0.2) is 4.79 Å². The average molecular weight is 384 g/mol. The summed E-state index contributed by atoms with van der Waals surface area (Å²) in [5, 5.41) is 0. The monoisotopic (exact) mass is 384 g/mol. The third kappa shape index (κ3) is 3.97. The van der Waals surface area contributed by atoms with Gasteiger partial charge in [-0.05, 0) is 47.4 Å². The molecule has 4 heteroatoms. The number of hydrogen-bond donors (Lipinski definition) is 0. The summed E-state index contributed by atoms with van der Waals surface area (Å²) in [5.41, 5.74) is 3.03. The lowest BCUT2D eigenvalue weighted by Crippen LogP contribution is -2.08. The summed E-state index contributed by atoms with van der Waals surface area (Å²) >= 11 is 0. The molecule has 29 heavy (non-hydrogen) atoms. The molecular formula is C25H20O4. The van der Waals surface area contributed by atoms with E-state index in [2.05, 4.69) is 13.8 Å². The lowest BCUT2D eigenvalue weighted by Gasteiger charge is -2.06. The fourth-order valence-electron chi connectivity index (χ4n) is 3.10. The number of allylic oxidation sites excluding steroid dienone is 1. The first-order valence-electron chi connectivity index (χ1n) is 9.47. The Bertz CT molecular complexity index is 1090. The van der Waals surface area contributed by atoms with E-state index in [1.54, 1.807) is 48.5 Å². The number of esters is 1. The molecule has 0 N–H and O–H groups in total. The molecule has 0 bridgehead atoms. The molecule has 4 rings (SSSR count). The summed E-state index contributed by atoms with van der Waals surface area (Å²) in [4.78, 5) is 24.8. The molecule has 0 aromatic heterocycles. The lowest BCUT2D eigenvalue weighted by atomic mass is 10.0. The van der Waals surface area contributed by atoms with Gasteiger partial charge in [0.05, 0.1) is 11.1 Å². The highest BCUT2D eigenvalue weighted by atomic mass is 16.5. The van der Waals surface area contributed by atoms with Gasteiger partial charge in [0.2, 0.25) is 5.78 Å². The van der Waals surface area contributed by atoms with E-state index in [-0.39, 0.29) is 11.5 Å². The molecule has 0 fully saturated rings. The van der Waals surface area contributed by atoms with Crippen molar-refractivity contribution in [2.45, 2.75) is 19.8 Å².